The number of imidazole rings is 1. The van der Waals surface area contributed by atoms with Crippen LogP contribution in [0.3, 0.4) is 0 Å². The van der Waals surface area contributed by atoms with Crippen LogP contribution in [0.25, 0.3) is 11.2 Å². The van der Waals surface area contributed by atoms with Crippen LogP contribution in [0.15, 0.2) is 12.7 Å². The Morgan fingerprint density at radius 3 is 2.81 bits per heavy atom. The van der Waals surface area contributed by atoms with Gasteiger partial charge in [0.05, 0.1) is 6.33 Å². The molecule has 0 aromatic carbocycles. The first-order valence-corrected chi connectivity index (χ1v) is 10.4. The fourth-order valence-corrected chi connectivity index (χ4v) is 3.11. The van der Waals surface area contributed by atoms with Gasteiger partial charge in [-0.15, -0.1) is 4.67 Å². The van der Waals surface area contributed by atoms with Crippen molar-refractivity contribution in [2.45, 2.75) is 43.4 Å². The van der Waals surface area contributed by atoms with Crippen LogP contribution in [0.5, 0.6) is 0 Å². The van der Waals surface area contributed by atoms with Gasteiger partial charge in [0.1, 0.15) is 31.2 Å². The number of ether oxygens (including phenoxy) is 1. The van der Waals surface area contributed by atoms with Crippen molar-refractivity contribution in [3.63, 3.8) is 0 Å². The van der Waals surface area contributed by atoms with Gasteiger partial charge in [-0.1, -0.05) is 0 Å². The van der Waals surface area contributed by atoms with Crippen LogP contribution in [-0.2, 0) is 18.9 Å². The average Bonchev–Trinajstić information content (AvgIpc) is 3.25. The highest BCUT2D eigenvalue weighted by Gasteiger charge is 2.45. The molecule has 4 N–H and O–H groups in total. The van der Waals surface area contributed by atoms with Crippen LogP contribution in [0, 0.1) is 0 Å². The molecule has 0 spiro atoms. The van der Waals surface area contributed by atoms with Crippen LogP contribution >= 0.6 is 7.60 Å². The summed E-state index contributed by atoms with van der Waals surface area (Å²) in [7, 11) is -3.83. The van der Waals surface area contributed by atoms with E-state index in [1.807, 2.05) is 0 Å². The summed E-state index contributed by atoms with van der Waals surface area (Å²) in [5.41, 5.74) is 0.973. The van der Waals surface area contributed by atoms with Crippen LogP contribution < -0.4 is 5.32 Å². The molecule has 2 aromatic rings. The van der Waals surface area contributed by atoms with Crippen molar-refractivity contribution in [1.82, 2.24) is 19.5 Å². The van der Waals surface area contributed by atoms with Gasteiger partial charge in [0.15, 0.2) is 23.2 Å². The minimum absolute atomic E-state index is 0.344. The van der Waals surface area contributed by atoms with Crippen molar-refractivity contribution in [2.75, 3.05) is 18.6 Å². The maximum Gasteiger partial charge on any atom is 0.352 e. The second-order valence-corrected chi connectivity index (χ2v) is 8.43. The molecular weight excluding hydrogens is 381 g/mol. The predicted molar refractivity (Wildman–Crippen MR) is 90.7 cm³/mol. The molecule has 1 saturated carbocycles. The first-order valence-electron chi connectivity index (χ1n) is 8.40. The highest BCUT2D eigenvalue weighted by atomic mass is 31.2. The van der Waals surface area contributed by atoms with Crippen LogP contribution in [0.1, 0.15) is 19.1 Å². The zero-order valence-corrected chi connectivity index (χ0v) is 15.3. The molecule has 0 bridgehead atoms. The Balaban J connectivity index is 1.52. The fourth-order valence-electron chi connectivity index (χ4n) is 2.86. The molecule has 1 aliphatic heterocycles. The number of rotatable bonds is 7. The lowest BCUT2D eigenvalue weighted by molar-refractivity contribution is -0.238. The molecule has 4 rings (SSSR count). The minimum Gasteiger partial charge on any atom is -0.387 e. The lowest BCUT2D eigenvalue weighted by Crippen LogP contribution is -2.33. The van der Waals surface area contributed by atoms with Crippen molar-refractivity contribution in [3.8, 4) is 0 Å². The smallest absolute Gasteiger partial charge is 0.352 e. The number of nitrogens with one attached hydrogen (secondary N) is 1. The van der Waals surface area contributed by atoms with Gasteiger partial charge >= 0.3 is 7.60 Å². The Hall–Kier alpha value is -1.66. The maximum atomic E-state index is 11.1. The van der Waals surface area contributed by atoms with Crippen LogP contribution in [0.2, 0.25) is 0 Å². The van der Waals surface area contributed by atoms with E-state index in [1.165, 1.54) is 17.2 Å². The highest BCUT2D eigenvalue weighted by Crippen LogP contribution is 2.38. The number of anilines is 1. The summed E-state index contributed by atoms with van der Waals surface area (Å²) in [5, 5.41) is 23.8. The number of nitrogens with zero attached hydrogens (tertiary/aromatic N) is 4. The van der Waals surface area contributed by atoms with E-state index in [1.54, 1.807) is 0 Å². The third-order valence-corrected chi connectivity index (χ3v) is 4.69. The highest BCUT2D eigenvalue weighted by molar-refractivity contribution is 7.51. The second kappa shape index (κ2) is 7.06. The molecule has 0 radical (unpaired) electrons. The number of hydrogen-bond acceptors (Lipinski definition) is 10. The third kappa shape index (κ3) is 3.97. The molecular formula is C14H20N5O7P. The van der Waals surface area contributed by atoms with E-state index >= 15 is 0 Å². The number of aromatic nitrogens is 4. The van der Waals surface area contributed by atoms with Crippen molar-refractivity contribution in [1.29, 1.82) is 0 Å². The Kier molecular flexibility index (Phi) is 4.89. The van der Waals surface area contributed by atoms with E-state index in [2.05, 4.69) is 29.8 Å². The lowest BCUT2D eigenvalue weighted by atomic mass is 10.1. The van der Waals surface area contributed by atoms with Gasteiger partial charge in [-0.2, -0.15) is 0 Å². The van der Waals surface area contributed by atoms with Crippen molar-refractivity contribution >= 4 is 24.6 Å². The molecule has 148 valence electrons. The summed E-state index contributed by atoms with van der Waals surface area (Å²) in [5.74, 6) is 0.601. The van der Waals surface area contributed by atoms with E-state index in [4.69, 9.17) is 9.63 Å². The van der Waals surface area contributed by atoms with Gasteiger partial charge < -0.3 is 25.2 Å². The third-order valence-electron chi connectivity index (χ3n) is 4.31. The first kappa shape index (κ1) is 18.7. The molecule has 1 aliphatic carbocycles. The largest absolute Gasteiger partial charge is 0.387 e. The molecule has 1 unspecified atom stereocenters. The molecule has 12 nitrogen and oxygen atoms in total. The molecule has 2 aromatic heterocycles. The van der Waals surface area contributed by atoms with Gasteiger partial charge in [-0.25, -0.2) is 19.8 Å². The Bertz CT molecular complexity index is 869. The van der Waals surface area contributed by atoms with E-state index < -0.39 is 32.1 Å². The van der Waals surface area contributed by atoms with Crippen molar-refractivity contribution in [2.24, 2.45) is 0 Å². The topological polar surface area (TPSA) is 161 Å². The Labute approximate surface area is 153 Å². The quantitative estimate of drug-likeness (QED) is 0.276. The van der Waals surface area contributed by atoms with E-state index in [0.717, 1.165) is 19.5 Å². The standard InChI is InChI=1S/C14H20N5O7P/c1-27(22,23)26-24-4-8-10(20)11(21)14(25-8)19-6-17-9-12(18-7-2-3-7)15-5-16-13(9)19/h5-8,10-11,14,20-21H,2-4H2,1H3,(H,22,23)(H,15,16,18)/t8-,10-,11-,14-/m1/s1. The van der Waals surface area contributed by atoms with Gasteiger partial charge in [-0.05, 0) is 12.8 Å². The molecule has 27 heavy (non-hydrogen) atoms. The molecule has 13 heteroatoms. The van der Waals surface area contributed by atoms with Crippen LogP contribution in [0.4, 0.5) is 5.82 Å². The summed E-state index contributed by atoms with van der Waals surface area (Å²) in [6, 6.07) is 0.381. The summed E-state index contributed by atoms with van der Waals surface area (Å²) < 4.78 is 22.5. The predicted octanol–water partition coefficient (Wildman–Crippen LogP) is -0.217. The molecule has 2 fully saturated rings. The monoisotopic (exact) mass is 401 g/mol. The Morgan fingerprint density at radius 1 is 1.33 bits per heavy atom. The zero-order chi connectivity index (χ0) is 19.2. The Morgan fingerprint density at radius 2 is 2.11 bits per heavy atom. The van der Waals surface area contributed by atoms with Crippen molar-refractivity contribution in [3.05, 3.63) is 12.7 Å². The minimum atomic E-state index is -3.83. The molecule has 0 amide bonds. The van der Waals surface area contributed by atoms with E-state index in [0.29, 0.717) is 23.0 Å². The molecule has 1 saturated heterocycles. The van der Waals surface area contributed by atoms with Crippen LogP contribution in [-0.4, -0.2) is 72.3 Å². The molecule has 3 heterocycles. The first-order chi connectivity index (χ1) is 12.8. The summed E-state index contributed by atoms with van der Waals surface area (Å²) in [6.07, 6.45) is 0.467. The number of aliphatic hydroxyl groups excluding tert-OH is 2. The number of aliphatic hydroxyl groups is 2. The maximum absolute atomic E-state index is 11.1. The van der Waals surface area contributed by atoms with E-state index in [9.17, 15) is 14.8 Å². The number of hydrogen-bond donors (Lipinski definition) is 4. The van der Waals surface area contributed by atoms with Gasteiger partial charge in [0.2, 0.25) is 0 Å². The summed E-state index contributed by atoms with van der Waals surface area (Å²) in [4.78, 5) is 26.4. The fraction of sp³-hybridized carbons (Fsp3) is 0.643. The van der Waals surface area contributed by atoms with Crippen molar-refractivity contribution < 1.29 is 34.0 Å². The number of fused-ring (bicyclic) bond motifs is 1. The summed E-state index contributed by atoms with van der Waals surface area (Å²) in [6.45, 7) is 0.615. The van der Waals surface area contributed by atoms with Gasteiger partial charge in [-0.3, -0.25) is 9.13 Å². The van der Waals surface area contributed by atoms with Gasteiger partial charge in [0.25, 0.3) is 0 Å². The van der Waals surface area contributed by atoms with E-state index in [-0.39, 0.29) is 6.61 Å². The normalized spacial score (nSPS) is 30.5. The second-order valence-electron chi connectivity index (χ2n) is 6.67. The SMILES string of the molecule is CP(=O)(O)OOC[C@H]1O[C@@H](n2cnc3c(NC4CC4)ncnc32)[C@H](O)[C@@H]1O. The lowest BCUT2D eigenvalue weighted by Gasteiger charge is -2.16. The average molecular weight is 401 g/mol. The van der Waals surface area contributed by atoms with Gasteiger partial charge in [0, 0.05) is 12.7 Å². The molecule has 2 aliphatic rings. The summed E-state index contributed by atoms with van der Waals surface area (Å²) >= 11 is 0. The zero-order valence-electron chi connectivity index (χ0n) is 14.4. The molecule has 5 atom stereocenters.